The van der Waals surface area contributed by atoms with Crippen LogP contribution in [0.1, 0.15) is 42.1 Å². The number of carboxylic acids is 1. The number of carbonyl (C=O) groups is 2. The number of hydrogen-bond acceptors (Lipinski definition) is 2. The molecule has 0 aromatic heterocycles. The second-order valence-electron chi connectivity index (χ2n) is 5.46. The lowest BCUT2D eigenvalue weighted by Gasteiger charge is -2.14. The molecule has 1 unspecified atom stereocenters. The minimum absolute atomic E-state index is 0.00242. The molecule has 1 saturated carbocycles. The summed E-state index contributed by atoms with van der Waals surface area (Å²) >= 11 is 0. The van der Waals surface area contributed by atoms with Gasteiger partial charge in [-0.05, 0) is 43.0 Å². The van der Waals surface area contributed by atoms with Gasteiger partial charge in [-0.3, -0.25) is 4.79 Å². The normalized spacial score (nSPS) is 15.9. The molecule has 5 heteroatoms. The van der Waals surface area contributed by atoms with Gasteiger partial charge in [-0.15, -0.1) is 0 Å². The zero-order valence-corrected chi connectivity index (χ0v) is 11.8. The van der Waals surface area contributed by atoms with Crippen molar-refractivity contribution >= 4 is 18.0 Å². The number of nitrogens with one attached hydrogen (secondary N) is 1. The average molecular weight is 291 g/mol. The van der Waals surface area contributed by atoms with Crippen LogP contribution in [0.15, 0.2) is 24.3 Å². The van der Waals surface area contributed by atoms with E-state index in [2.05, 4.69) is 5.32 Å². The first-order chi connectivity index (χ1) is 9.95. The molecule has 0 heterocycles. The number of benzene rings is 1. The van der Waals surface area contributed by atoms with Crippen molar-refractivity contribution < 1.29 is 19.1 Å². The van der Waals surface area contributed by atoms with Crippen molar-refractivity contribution in [1.29, 1.82) is 0 Å². The molecule has 1 aliphatic rings. The van der Waals surface area contributed by atoms with Crippen LogP contribution in [0, 0.1) is 11.7 Å². The third-order valence-electron chi connectivity index (χ3n) is 3.41. The van der Waals surface area contributed by atoms with Crippen molar-refractivity contribution in [3.8, 4) is 0 Å². The molecule has 4 nitrogen and oxygen atoms in total. The van der Waals surface area contributed by atoms with Gasteiger partial charge in [0.05, 0.1) is 5.56 Å². The first kappa shape index (κ1) is 15.2. The van der Waals surface area contributed by atoms with Crippen LogP contribution in [-0.2, 0) is 4.79 Å². The lowest BCUT2D eigenvalue weighted by molar-refractivity contribution is -0.131. The van der Waals surface area contributed by atoms with E-state index >= 15 is 0 Å². The van der Waals surface area contributed by atoms with Gasteiger partial charge in [-0.2, -0.15) is 0 Å². The van der Waals surface area contributed by atoms with Gasteiger partial charge < -0.3 is 10.4 Å². The van der Waals surface area contributed by atoms with Crippen LogP contribution in [0.4, 0.5) is 4.39 Å². The molecule has 1 aromatic rings. The molecule has 2 N–H and O–H groups in total. The molecule has 1 fully saturated rings. The lowest BCUT2D eigenvalue weighted by atomic mass is 10.1. The summed E-state index contributed by atoms with van der Waals surface area (Å²) in [6.45, 7) is 1.91. The van der Waals surface area contributed by atoms with E-state index in [1.807, 2.05) is 6.92 Å². The predicted molar refractivity (Wildman–Crippen MR) is 77.3 cm³/mol. The van der Waals surface area contributed by atoms with Crippen molar-refractivity contribution in [3.05, 3.63) is 41.2 Å². The lowest BCUT2D eigenvalue weighted by Crippen LogP contribution is -2.33. The van der Waals surface area contributed by atoms with Crippen LogP contribution in [0.5, 0.6) is 0 Å². The number of halogens is 1. The standard InChI is InChI=1S/C16H18FNO3/c1-10(8-11-2-3-11)18-16(21)13-9-12(4-6-14(13)17)5-7-15(19)20/h4-7,9-11H,2-3,8H2,1H3,(H,18,21)(H,19,20). The first-order valence-electron chi connectivity index (χ1n) is 6.97. The van der Waals surface area contributed by atoms with Gasteiger partial charge in [-0.1, -0.05) is 18.9 Å². The van der Waals surface area contributed by atoms with E-state index in [9.17, 15) is 14.0 Å². The van der Waals surface area contributed by atoms with E-state index in [1.54, 1.807) is 0 Å². The Morgan fingerprint density at radius 2 is 2.19 bits per heavy atom. The summed E-state index contributed by atoms with van der Waals surface area (Å²) in [5.41, 5.74) is 0.406. The maximum Gasteiger partial charge on any atom is 0.328 e. The number of carboxylic acid groups (broad SMARTS) is 1. The molecular formula is C16H18FNO3. The van der Waals surface area contributed by atoms with E-state index in [4.69, 9.17) is 5.11 Å². The van der Waals surface area contributed by atoms with Gasteiger partial charge >= 0.3 is 5.97 Å². The van der Waals surface area contributed by atoms with Crippen molar-refractivity contribution in [2.45, 2.75) is 32.2 Å². The van der Waals surface area contributed by atoms with Crippen molar-refractivity contribution in [2.24, 2.45) is 5.92 Å². The molecule has 1 aromatic carbocycles. The monoisotopic (exact) mass is 291 g/mol. The van der Waals surface area contributed by atoms with Crippen LogP contribution in [0.3, 0.4) is 0 Å². The summed E-state index contributed by atoms with van der Waals surface area (Å²) < 4.78 is 13.7. The Kier molecular flexibility index (Phi) is 4.73. The average Bonchev–Trinajstić information content (AvgIpc) is 3.21. The topological polar surface area (TPSA) is 66.4 Å². The van der Waals surface area contributed by atoms with Gasteiger partial charge in [0, 0.05) is 12.1 Å². The fourth-order valence-corrected chi connectivity index (χ4v) is 2.20. The zero-order chi connectivity index (χ0) is 15.4. The van der Waals surface area contributed by atoms with E-state index in [0.717, 1.165) is 12.5 Å². The summed E-state index contributed by atoms with van der Waals surface area (Å²) in [5.74, 6) is -1.50. The van der Waals surface area contributed by atoms with Crippen LogP contribution in [0.2, 0.25) is 0 Å². The highest BCUT2D eigenvalue weighted by Gasteiger charge is 2.24. The van der Waals surface area contributed by atoms with E-state index < -0.39 is 17.7 Å². The Morgan fingerprint density at radius 1 is 1.48 bits per heavy atom. The van der Waals surface area contributed by atoms with Crippen LogP contribution in [-0.4, -0.2) is 23.0 Å². The fourth-order valence-electron chi connectivity index (χ4n) is 2.20. The molecular weight excluding hydrogens is 273 g/mol. The minimum atomic E-state index is -1.09. The molecule has 0 aliphatic heterocycles. The Hall–Kier alpha value is -2.17. The van der Waals surface area contributed by atoms with Crippen molar-refractivity contribution in [3.63, 3.8) is 0 Å². The Morgan fingerprint density at radius 3 is 2.81 bits per heavy atom. The van der Waals surface area contributed by atoms with Gasteiger partial charge in [-0.25, -0.2) is 9.18 Å². The number of aliphatic carboxylic acids is 1. The molecule has 0 bridgehead atoms. The number of hydrogen-bond donors (Lipinski definition) is 2. The Bertz CT molecular complexity index is 579. The molecule has 21 heavy (non-hydrogen) atoms. The van der Waals surface area contributed by atoms with Gasteiger partial charge in [0.25, 0.3) is 5.91 Å². The summed E-state index contributed by atoms with van der Waals surface area (Å²) in [5, 5.41) is 11.4. The summed E-state index contributed by atoms with van der Waals surface area (Å²) in [7, 11) is 0. The maximum absolute atomic E-state index is 13.7. The third-order valence-corrected chi connectivity index (χ3v) is 3.41. The molecule has 112 valence electrons. The highest BCUT2D eigenvalue weighted by atomic mass is 19.1. The third kappa shape index (κ3) is 4.70. The van der Waals surface area contributed by atoms with Crippen molar-refractivity contribution in [1.82, 2.24) is 5.32 Å². The van der Waals surface area contributed by atoms with Gasteiger partial charge in [0.2, 0.25) is 0 Å². The molecule has 0 saturated heterocycles. The van der Waals surface area contributed by atoms with Gasteiger partial charge in [0.1, 0.15) is 5.82 Å². The van der Waals surface area contributed by atoms with Gasteiger partial charge in [0.15, 0.2) is 0 Å². The molecule has 0 spiro atoms. The predicted octanol–water partition coefficient (Wildman–Crippen LogP) is 2.84. The van der Waals surface area contributed by atoms with Crippen LogP contribution >= 0.6 is 0 Å². The summed E-state index contributed by atoms with van der Waals surface area (Å²) in [4.78, 5) is 22.5. The minimum Gasteiger partial charge on any atom is -0.478 e. The first-order valence-corrected chi connectivity index (χ1v) is 6.97. The number of rotatable bonds is 6. The Balaban J connectivity index is 2.07. The number of carbonyl (C=O) groups excluding carboxylic acids is 1. The maximum atomic E-state index is 13.7. The molecule has 1 atom stereocenters. The largest absolute Gasteiger partial charge is 0.478 e. The smallest absolute Gasteiger partial charge is 0.328 e. The highest BCUT2D eigenvalue weighted by Crippen LogP contribution is 2.33. The fraction of sp³-hybridized carbons (Fsp3) is 0.375. The van der Waals surface area contributed by atoms with E-state index in [-0.39, 0.29) is 11.6 Å². The quantitative estimate of drug-likeness (QED) is 0.792. The molecule has 0 radical (unpaired) electrons. The van der Waals surface area contributed by atoms with Crippen LogP contribution < -0.4 is 5.32 Å². The molecule has 1 amide bonds. The van der Waals surface area contributed by atoms with Crippen LogP contribution in [0.25, 0.3) is 6.08 Å². The second-order valence-corrected chi connectivity index (χ2v) is 5.46. The van der Waals surface area contributed by atoms with E-state index in [0.29, 0.717) is 11.5 Å². The highest BCUT2D eigenvalue weighted by molar-refractivity contribution is 5.95. The summed E-state index contributed by atoms with van der Waals surface area (Å²) in [6.07, 6.45) is 5.58. The Labute approximate surface area is 122 Å². The SMILES string of the molecule is CC(CC1CC1)NC(=O)c1cc(C=CC(=O)O)ccc1F. The zero-order valence-electron chi connectivity index (χ0n) is 11.8. The van der Waals surface area contributed by atoms with Crippen molar-refractivity contribution in [2.75, 3.05) is 0 Å². The molecule has 2 rings (SSSR count). The summed E-state index contributed by atoms with van der Waals surface area (Å²) in [6, 6.07) is 3.96. The number of amides is 1. The second kappa shape index (κ2) is 6.52. The van der Waals surface area contributed by atoms with E-state index in [1.165, 1.54) is 37.1 Å². The molecule has 1 aliphatic carbocycles.